The van der Waals surface area contributed by atoms with Crippen molar-refractivity contribution in [1.29, 1.82) is 0 Å². The van der Waals surface area contributed by atoms with Gasteiger partial charge < -0.3 is 11.5 Å². The third kappa shape index (κ3) is 3.08. The number of hydrogen-bond acceptors (Lipinski definition) is 5. The summed E-state index contributed by atoms with van der Waals surface area (Å²) in [6, 6.07) is 14.0. The molecule has 8 nitrogen and oxygen atoms in total. The van der Waals surface area contributed by atoms with E-state index in [1.54, 1.807) is 12.1 Å². The maximum Gasteiger partial charge on any atom is 0.281 e. The van der Waals surface area contributed by atoms with E-state index >= 15 is 0 Å². The van der Waals surface area contributed by atoms with Crippen molar-refractivity contribution in [1.82, 2.24) is 10.2 Å². The molecule has 0 radical (unpaired) electrons. The number of nitro groups is 1. The molecule has 0 bridgehead atoms. The fourth-order valence-corrected chi connectivity index (χ4v) is 2.34. The second-order valence-electron chi connectivity index (χ2n) is 4.73. The molecular weight excluding hydrogens is 332 g/mol. The molecule has 0 saturated carbocycles. The molecule has 1 aromatic heterocycles. The first-order chi connectivity index (χ1) is 11.1. The Morgan fingerprint density at radius 1 is 1.04 bits per heavy atom. The minimum atomic E-state index is -0.496. The SMILES string of the molecule is Cl.NC(N)=Nc1nnc(-c2ccccc2)c2cccc([N+](=O)[O-])c12. The van der Waals surface area contributed by atoms with E-state index in [2.05, 4.69) is 15.2 Å². The van der Waals surface area contributed by atoms with E-state index in [0.717, 1.165) is 5.56 Å². The number of hydrogen-bond donors (Lipinski definition) is 2. The quantitative estimate of drug-likeness (QED) is 0.324. The molecule has 0 spiro atoms. The molecule has 0 unspecified atom stereocenters. The molecule has 2 aromatic carbocycles. The van der Waals surface area contributed by atoms with Gasteiger partial charge in [0.1, 0.15) is 11.1 Å². The molecule has 4 N–H and O–H groups in total. The van der Waals surface area contributed by atoms with Crippen molar-refractivity contribution in [3.05, 3.63) is 58.6 Å². The predicted molar refractivity (Wildman–Crippen MR) is 94.3 cm³/mol. The van der Waals surface area contributed by atoms with E-state index in [1.807, 2.05) is 30.3 Å². The van der Waals surface area contributed by atoms with Crippen LogP contribution in [-0.2, 0) is 0 Å². The number of nitro benzene ring substituents is 1. The largest absolute Gasteiger partial charge is 0.370 e. The standard InChI is InChI=1S/C15H12N6O2.ClH/c16-15(17)18-14-12-10(7-4-8-11(12)21(22)23)13(19-20-14)9-5-2-1-3-6-9;/h1-8H,(H4,16,17,18,20);1H. The second-order valence-corrected chi connectivity index (χ2v) is 4.73. The molecule has 0 atom stereocenters. The van der Waals surface area contributed by atoms with Gasteiger partial charge in [0.25, 0.3) is 5.69 Å². The zero-order valence-corrected chi connectivity index (χ0v) is 13.1. The normalized spacial score (nSPS) is 10.0. The summed E-state index contributed by atoms with van der Waals surface area (Å²) in [7, 11) is 0. The fraction of sp³-hybridized carbons (Fsp3) is 0. The molecule has 3 aromatic rings. The van der Waals surface area contributed by atoms with Crippen LogP contribution in [0, 0.1) is 10.1 Å². The van der Waals surface area contributed by atoms with Crippen LogP contribution in [0.4, 0.5) is 11.5 Å². The van der Waals surface area contributed by atoms with Crippen LogP contribution in [0.3, 0.4) is 0 Å². The van der Waals surface area contributed by atoms with Crippen molar-refractivity contribution < 1.29 is 4.92 Å². The highest BCUT2D eigenvalue weighted by Gasteiger charge is 2.20. The second kappa shape index (κ2) is 6.88. The topological polar surface area (TPSA) is 133 Å². The van der Waals surface area contributed by atoms with Crippen LogP contribution in [0.2, 0.25) is 0 Å². The first-order valence-corrected chi connectivity index (χ1v) is 6.67. The van der Waals surface area contributed by atoms with Crippen molar-refractivity contribution in [2.45, 2.75) is 0 Å². The molecule has 0 aliphatic rings. The molecule has 9 heteroatoms. The Hall–Kier alpha value is -3.26. The summed E-state index contributed by atoms with van der Waals surface area (Å²) in [5.41, 5.74) is 12.0. The molecule has 1 heterocycles. The Morgan fingerprint density at radius 2 is 1.75 bits per heavy atom. The van der Waals surface area contributed by atoms with Crippen molar-refractivity contribution in [3.8, 4) is 11.3 Å². The molecule has 0 aliphatic carbocycles. The van der Waals surface area contributed by atoms with E-state index in [4.69, 9.17) is 11.5 Å². The van der Waals surface area contributed by atoms with E-state index in [-0.39, 0.29) is 35.3 Å². The number of halogens is 1. The highest BCUT2D eigenvalue weighted by Crippen LogP contribution is 2.36. The smallest absolute Gasteiger partial charge is 0.281 e. The van der Waals surface area contributed by atoms with Crippen molar-refractivity contribution >= 4 is 40.6 Å². The van der Waals surface area contributed by atoms with Gasteiger partial charge in [0.15, 0.2) is 11.8 Å². The number of aliphatic imine (C=N–C) groups is 1. The Morgan fingerprint density at radius 3 is 2.38 bits per heavy atom. The molecule has 0 amide bonds. The zero-order valence-electron chi connectivity index (χ0n) is 12.3. The van der Waals surface area contributed by atoms with Crippen LogP contribution in [-0.4, -0.2) is 21.1 Å². The van der Waals surface area contributed by atoms with E-state index < -0.39 is 4.92 Å². The fourth-order valence-electron chi connectivity index (χ4n) is 2.34. The predicted octanol–water partition coefficient (Wildman–Crippen LogP) is 2.53. The number of nitrogens with zero attached hydrogens (tertiary/aromatic N) is 4. The van der Waals surface area contributed by atoms with Crippen LogP contribution in [0.25, 0.3) is 22.0 Å². The number of non-ortho nitro benzene ring substituents is 1. The van der Waals surface area contributed by atoms with Gasteiger partial charge in [-0.2, -0.15) is 4.99 Å². The van der Waals surface area contributed by atoms with Gasteiger partial charge in [0, 0.05) is 17.0 Å². The average molecular weight is 345 g/mol. The first-order valence-electron chi connectivity index (χ1n) is 6.67. The lowest BCUT2D eigenvalue weighted by atomic mass is 10.0. The lowest BCUT2D eigenvalue weighted by molar-refractivity contribution is -0.383. The van der Waals surface area contributed by atoms with E-state index in [0.29, 0.717) is 11.1 Å². The van der Waals surface area contributed by atoms with Gasteiger partial charge in [-0.3, -0.25) is 10.1 Å². The van der Waals surface area contributed by atoms with Crippen molar-refractivity contribution in [3.63, 3.8) is 0 Å². The van der Waals surface area contributed by atoms with Crippen LogP contribution in [0.1, 0.15) is 0 Å². The van der Waals surface area contributed by atoms with Gasteiger partial charge in [-0.15, -0.1) is 22.6 Å². The molecule has 24 heavy (non-hydrogen) atoms. The number of benzene rings is 2. The van der Waals surface area contributed by atoms with Crippen LogP contribution < -0.4 is 11.5 Å². The number of guanidine groups is 1. The zero-order chi connectivity index (χ0) is 16.4. The number of rotatable bonds is 3. The van der Waals surface area contributed by atoms with E-state index in [9.17, 15) is 10.1 Å². The van der Waals surface area contributed by atoms with Gasteiger partial charge >= 0.3 is 0 Å². The maximum atomic E-state index is 11.3. The van der Waals surface area contributed by atoms with Crippen LogP contribution in [0.15, 0.2) is 53.5 Å². The Balaban J connectivity index is 0.00000208. The molecule has 3 rings (SSSR count). The number of fused-ring (bicyclic) bond motifs is 1. The minimum Gasteiger partial charge on any atom is -0.370 e. The monoisotopic (exact) mass is 344 g/mol. The highest BCUT2D eigenvalue weighted by atomic mass is 35.5. The van der Waals surface area contributed by atoms with Gasteiger partial charge in [-0.25, -0.2) is 0 Å². The summed E-state index contributed by atoms with van der Waals surface area (Å²) >= 11 is 0. The molecule has 122 valence electrons. The van der Waals surface area contributed by atoms with Crippen molar-refractivity contribution in [2.24, 2.45) is 16.5 Å². The van der Waals surface area contributed by atoms with Gasteiger partial charge in [-0.05, 0) is 0 Å². The number of aromatic nitrogens is 2. The van der Waals surface area contributed by atoms with Crippen molar-refractivity contribution in [2.75, 3.05) is 0 Å². The Bertz CT molecular complexity index is 926. The van der Waals surface area contributed by atoms with E-state index in [1.165, 1.54) is 6.07 Å². The maximum absolute atomic E-state index is 11.3. The minimum absolute atomic E-state index is 0. The number of nitrogens with two attached hydrogens (primary N) is 2. The summed E-state index contributed by atoms with van der Waals surface area (Å²) in [4.78, 5) is 14.7. The van der Waals surface area contributed by atoms with Crippen LogP contribution in [0.5, 0.6) is 0 Å². The van der Waals surface area contributed by atoms with Gasteiger partial charge in [0.05, 0.1) is 4.92 Å². The summed E-state index contributed by atoms with van der Waals surface area (Å²) < 4.78 is 0. The first kappa shape index (κ1) is 17.1. The third-order valence-corrected chi connectivity index (χ3v) is 3.24. The Kier molecular flexibility index (Phi) is 4.90. The summed E-state index contributed by atoms with van der Waals surface area (Å²) in [6.07, 6.45) is 0. The molecule has 0 saturated heterocycles. The van der Waals surface area contributed by atoms with Crippen LogP contribution >= 0.6 is 12.4 Å². The summed E-state index contributed by atoms with van der Waals surface area (Å²) in [5.74, 6) is -0.224. The third-order valence-electron chi connectivity index (χ3n) is 3.24. The lowest BCUT2D eigenvalue weighted by Gasteiger charge is -2.07. The molecule has 0 aliphatic heterocycles. The van der Waals surface area contributed by atoms with Gasteiger partial charge in [-0.1, -0.05) is 42.5 Å². The van der Waals surface area contributed by atoms with Gasteiger partial charge in [0.2, 0.25) is 0 Å². The lowest BCUT2D eigenvalue weighted by Crippen LogP contribution is -2.22. The highest BCUT2D eigenvalue weighted by molar-refractivity contribution is 6.05. The summed E-state index contributed by atoms with van der Waals surface area (Å²) in [6.45, 7) is 0. The average Bonchev–Trinajstić information content (AvgIpc) is 2.54. The Labute approximate surface area is 142 Å². The summed E-state index contributed by atoms with van der Waals surface area (Å²) in [5, 5.41) is 20.3. The molecule has 0 fully saturated rings. The molecular formula is C15H13ClN6O2.